The van der Waals surface area contributed by atoms with Crippen molar-refractivity contribution in [2.45, 2.75) is 19.8 Å². The molecule has 0 aliphatic heterocycles. The minimum Gasteiger partial charge on any atom is -0.328 e. The Labute approximate surface area is 96.5 Å². The van der Waals surface area contributed by atoms with Gasteiger partial charge in [0.05, 0.1) is 0 Å². The first kappa shape index (κ1) is 10.4. The first-order valence-corrected chi connectivity index (χ1v) is 5.70. The molecule has 15 heavy (non-hydrogen) atoms. The SMILES string of the molecule is CC(C)c1c[nH]c(=O)c2cccc(Br)c12. The minimum atomic E-state index is -0.0318. The molecule has 3 heteroatoms. The molecule has 0 unspecified atom stereocenters. The summed E-state index contributed by atoms with van der Waals surface area (Å²) in [6, 6.07) is 5.70. The summed E-state index contributed by atoms with van der Waals surface area (Å²) in [5.41, 5.74) is 1.13. The molecule has 0 spiro atoms. The summed E-state index contributed by atoms with van der Waals surface area (Å²) in [5, 5.41) is 1.77. The van der Waals surface area contributed by atoms with E-state index in [0.29, 0.717) is 5.92 Å². The van der Waals surface area contributed by atoms with Gasteiger partial charge in [0.1, 0.15) is 0 Å². The molecule has 0 amide bonds. The van der Waals surface area contributed by atoms with E-state index in [-0.39, 0.29) is 5.56 Å². The van der Waals surface area contributed by atoms with Gasteiger partial charge in [0, 0.05) is 21.4 Å². The van der Waals surface area contributed by atoms with E-state index in [1.54, 1.807) is 6.20 Å². The molecule has 1 heterocycles. The summed E-state index contributed by atoms with van der Waals surface area (Å²) in [7, 11) is 0. The van der Waals surface area contributed by atoms with Crippen LogP contribution in [0, 0.1) is 0 Å². The fourth-order valence-corrected chi connectivity index (χ4v) is 2.35. The monoisotopic (exact) mass is 265 g/mol. The highest BCUT2D eigenvalue weighted by molar-refractivity contribution is 9.10. The lowest BCUT2D eigenvalue weighted by molar-refractivity contribution is 0.867. The van der Waals surface area contributed by atoms with Crippen LogP contribution in [-0.2, 0) is 0 Å². The quantitative estimate of drug-likeness (QED) is 0.842. The van der Waals surface area contributed by atoms with Gasteiger partial charge < -0.3 is 4.98 Å². The molecule has 2 aromatic rings. The topological polar surface area (TPSA) is 32.9 Å². The maximum absolute atomic E-state index is 11.6. The first-order valence-electron chi connectivity index (χ1n) is 4.91. The van der Waals surface area contributed by atoms with Gasteiger partial charge in [-0.2, -0.15) is 0 Å². The van der Waals surface area contributed by atoms with Crippen LogP contribution in [0.3, 0.4) is 0 Å². The van der Waals surface area contributed by atoms with Gasteiger partial charge >= 0.3 is 0 Å². The Morgan fingerprint density at radius 1 is 1.33 bits per heavy atom. The number of hydrogen-bond donors (Lipinski definition) is 1. The van der Waals surface area contributed by atoms with Crippen molar-refractivity contribution >= 4 is 26.7 Å². The second-order valence-corrected chi connectivity index (χ2v) is 4.74. The van der Waals surface area contributed by atoms with Crippen LogP contribution in [0.4, 0.5) is 0 Å². The Morgan fingerprint density at radius 3 is 2.73 bits per heavy atom. The molecule has 1 aromatic carbocycles. The summed E-state index contributed by atoms with van der Waals surface area (Å²) in [5.74, 6) is 0.392. The van der Waals surface area contributed by atoms with Gasteiger partial charge in [-0.1, -0.05) is 35.8 Å². The number of halogens is 1. The van der Waals surface area contributed by atoms with Gasteiger partial charge in [0.15, 0.2) is 0 Å². The number of rotatable bonds is 1. The molecule has 0 saturated heterocycles. The van der Waals surface area contributed by atoms with E-state index in [1.165, 1.54) is 0 Å². The lowest BCUT2D eigenvalue weighted by Gasteiger charge is -2.10. The lowest BCUT2D eigenvalue weighted by atomic mass is 9.99. The molecule has 0 saturated carbocycles. The average Bonchev–Trinajstić information content (AvgIpc) is 2.19. The van der Waals surface area contributed by atoms with Gasteiger partial charge in [-0.25, -0.2) is 0 Å². The fourth-order valence-electron chi connectivity index (χ4n) is 1.76. The Hall–Kier alpha value is -1.09. The Balaban J connectivity index is 2.97. The first-order chi connectivity index (χ1) is 7.11. The molecular formula is C12H12BrNO. The molecule has 0 radical (unpaired) electrons. The van der Waals surface area contributed by atoms with Gasteiger partial charge in [-0.15, -0.1) is 0 Å². The molecule has 0 aliphatic carbocycles. The van der Waals surface area contributed by atoms with Crippen molar-refractivity contribution in [1.29, 1.82) is 0 Å². The predicted molar refractivity (Wildman–Crippen MR) is 66.4 cm³/mol. The standard InChI is InChI=1S/C12H12BrNO/c1-7(2)9-6-14-12(15)8-4-3-5-10(13)11(8)9/h3-7H,1-2H3,(H,14,15). The highest BCUT2D eigenvalue weighted by Gasteiger charge is 2.09. The van der Waals surface area contributed by atoms with Crippen LogP contribution in [0.1, 0.15) is 25.3 Å². The summed E-state index contributed by atoms with van der Waals surface area (Å²) >= 11 is 3.50. The van der Waals surface area contributed by atoms with E-state index in [1.807, 2.05) is 18.2 Å². The number of pyridine rings is 1. The molecule has 78 valence electrons. The number of fused-ring (bicyclic) bond motifs is 1. The number of hydrogen-bond acceptors (Lipinski definition) is 1. The van der Waals surface area contributed by atoms with Crippen LogP contribution in [0.2, 0.25) is 0 Å². The van der Waals surface area contributed by atoms with Crippen LogP contribution in [0.15, 0.2) is 33.7 Å². The molecule has 0 aliphatic rings. The Morgan fingerprint density at radius 2 is 2.07 bits per heavy atom. The normalized spacial score (nSPS) is 11.2. The van der Waals surface area contributed by atoms with Gasteiger partial charge in [0.25, 0.3) is 5.56 Å². The Bertz CT molecular complexity index is 557. The minimum absolute atomic E-state index is 0.0318. The zero-order valence-electron chi connectivity index (χ0n) is 8.67. The highest BCUT2D eigenvalue weighted by Crippen LogP contribution is 2.28. The van der Waals surface area contributed by atoms with E-state index in [4.69, 9.17) is 0 Å². The van der Waals surface area contributed by atoms with E-state index in [0.717, 1.165) is 20.8 Å². The Kier molecular flexibility index (Phi) is 2.65. The second kappa shape index (κ2) is 3.81. The van der Waals surface area contributed by atoms with Crippen molar-refractivity contribution in [2.24, 2.45) is 0 Å². The third-order valence-corrected chi connectivity index (χ3v) is 3.19. The molecular weight excluding hydrogens is 254 g/mol. The summed E-state index contributed by atoms with van der Waals surface area (Å²) in [6.07, 6.45) is 1.81. The number of aromatic amines is 1. The molecule has 1 N–H and O–H groups in total. The second-order valence-electron chi connectivity index (χ2n) is 3.89. The van der Waals surface area contributed by atoms with E-state index >= 15 is 0 Å². The van der Waals surface area contributed by atoms with Crippen molar-refractivity contribution in [3.63, 3.8) is 0 Å². The van der Waals surface area contributed by atoms with Crippen LogP contribution >= 0.6 is 15.9 Å². The molecule has 1 aromatic heterocycles. The molecule has 0 atom stereocenters. The molecule has 2 rings (SSSR count). The van der Waals surface area contributed by atoms with Crippen LogP contribution < -0.4 is 5.56 Å². The molecule has 2 nitrogen and oxygen atoms in total. The van der Waals surface area contributed by atoms with E-state index < -0.39 is 0 Å². The highest BCUT2D eigenvalue weighted by atomic mass is 79.9. The summed E-state index contributed by atoms with van der Waals surface area (Å²) in [6.45, 7) is 4.24. The van der Waals surface area contributed by atoms with Crippen LogP contribution in [0.5, 0.6) is 0 Å². The van der Waals surface area contributed by atoms with Crippen molar-refractivity contribution in [1.82, 2.24) is 4.98 Å². The fraction of sp³-hybridized carbons (Fsp3) is 0.250. The lowest BCUT2D eigenvalue weighted by Crippen LogP contribution is -2.08. The van der Waals surface area contributed by atoms with Gasteiger partial charge in [-0.05, 0) is 23.6 Å². The van der Waals surface area contributed by atoms with Crippen molar-refractivity contribution in [3.05, 3.63) is 44.8 Å². The summed E-state index contributed by atoms with van der Waals surface area (Å²) < 4.78 is 0.981. The molecule has 0 bridgehead atoms. The third-order valence-electron chi connectivity index (χ3n) is 2.53. The number of nitrogens with one attached hydrogen (secondary N) is 1. The van der Waals surface area contributed by atoms with Crippen LogP contribution in [-0.4, -0.2) is 4.98 Å². The maximum atomic E-state index is 11.6. The van der Waals surface area contributed by atoms with Crippen molar-refractivity contribution in [3.8, 4) is 0 Å². The van der Waals surface area contributed by atoms with Crippen LogP contribution in [0.25, 0.3) is 10.8 Å². The predicted octanol–water partition coefficient (Wildman–Crippen LogP) is 3.41. The largest absolute Gasteiger partial charge is 0.328 e. The van der Waals surface area contributed by atoms with Crippen molar-refractivity contribution in [2.75, 3.05) is 0 Å². The van der Waals surface area contributed by atoms with Crippen molar-refractivity contribution < 1.29 is 0 Å². The maximum Gasteiger partial charge on any atom is 0.255 e. The third kappa shape index (κ3) is 1.72. The number of H-pyrrole nitrogens is 1. The summed E-state index contributed by atoms with van der Waals surface area (Å²) in [4.78, 5) is 14.4. The zero-order chi connectivity index (χ0) is 11.0. The van der Waals surface area contributed by atoms with E-state index in [2.05, 4.69) is 34.8 Å². The number of benzene rings is 1. The number of aromatic nitrogens is 1. The van der Waals surface area contributed by atoms with Gasteiger partial charge in [-0.3, -0.25) is 4.79 Å². The molecule has 0 fully saturated rings. The van der Waals surface area contributed by atoms with E-state index in [9.17, 15) is 4.79 Å². The smallest absolute Gasteiger partial charge is 0.255 e. The van der Waals surface area contributed by atoms with Gasteiger partial charge in [0.2, 0.25) is 0 Å². The zero-order valence-corrected chi connectivity index (χ0v) is 10.3. The average molecular weight is 266 g/mol.